The molecule has 6 nitrogen and oxygen atoms in total. The molecule has 2 aromatic heterocycles. The van der Waals surface area contributed by atoms with Gasteiger partial charge in [-0.1, -0.05) is 12.1 Å². The van der Waals surface area contributed by atoms with Crippen LogP contribution in [-0.2, 0) is 0 Å². The van der Waals surface area contributed by atoms with E-state index >= 15 is 0 Å². The number of aromatic nitrogens is 2. The van der Waals surface area contributed by atoms with Crippen LogP contribution in [0.3, 0.4) is 0 Å². The second-order valence-corrected chi connectivity index (χ2v) is 7.40. The molecule has 0 amide bonds. The lowest BCUT2D eigenvalue weighted by molar-refractivity contribution is 0.0965. The van der Waals surface area contributed by atoms with Crippen molar-refractivity contribution >= 4 is 16.8 Å². The van der Waals surface area contributed by atoms with Crippen LogP contribution in [0.4, 0.5) is 0 Å². The van der Waals surface area contributed by atoms with E-state index in [-0.39, 0.29) is 5.91 Å². The van der Waals surface area contributed by atoms with Crippen molar-refractivity contribution < 1.29 is 9.53 Å². The number of fused-ring (bicyclic) bond motifs is 4. The minimum absolute atomic E-state index is 0.0793. The van der Waals surface area contributed by atoms with Crippen LogP contribution in [0, 0.1) is 0 Å². The number of benzene rings is 1. The van der Waals surface area contributed by atoms with Gasteiger partial charge in [0.25, 0.3) is 5.91 Å². The van der Waals surface area contributed by atoms with Crippen LogP contribution < -0.4 is 10.1 Å². The summed E-state index contributed by atoms with van der Waals surface area (Å²) in [6.45, 7) is 6.17. The number of carbonyl (C=O) groups is 1. The van der Waals surface area contributed by atoms with Gasteiger partial charge in [0.2, 0.25) is 0 Å². The van der Waals surface area contributed by atoms with Gasteiger partial charge >= 0.3 is 0 Å². The van der Waals surface area contributed by atoms with Crippen LogP contribution in [0.5, 0.6) is 5.75 Å². The molecule has 0 radical (unpaired) electrons. The van der Waals surface area contributed by atoms with E-state index in [1.807, 2.05) is 36.4 Å². The molecule has 0 atom stereocenters. The molecule has 0 saturated carbocycles. The van der Waals surface area contributed by atoms with Crippen LogP contribution in [0.25, 0.3) is 22.2 Å². The number of ether oxygens (including phenoxy) is 1. The number of para-hydroxylation sites is 1. The molecule has 1 saturated heterocycles. The van der Waals surface area contributed by atoms with Crippen molar-refractivity contribution in [1.82, 2.24) is 19.8 Å². The highest BCUT2D eigenvalue weighted by Crippen LogP contribution is 2.42. The molecule has 1 fully saturated rings. The second kappa shape index (κ2) is 7.37. The van der Waals surface area contributed by atoms with E-state index in [9.17, 15) is 4.79 Å². The van der Waals surface area contributed by atoms with Crippen molar-refractivity contribution in [3.05, 3.63) is 48.3 Å². The molecule has 3 aromatic rings. The van der Waals surface area contributed by atoms with Gasteiger partial charge < -0.3 is 15.0 Å². The van der Waals surface area contributed by atoms with Gasteiger partial charge in [-0.2, -0.15) is 0 Å². The summed E-state index contributed by atoms with van der Waals surface area (Å²) in [5.74, 6) is 0.706. The Kier molecular flexibility index (Phi) is 4.58. The molecule has 2 aliphatic heterocycles. The average Bonchev–Trinajstić information content (AvgIpc) is 3.31. The third-order valence-electron chi connectivity index (χ3n) is 5.60. The lowest BCUT2D eigenvalue weighted by Gasteiger charge is -2.27. The Morgan fingerprint density at radius 2 is 1.93 bits per heavy atom. The van der Waals surface area contributed by atoms with Crippen molar-refractivity contribution in [1.29, 1.82) is 0 Å². The molecule has 0 unspecified atom stereocenters. The van der Waals surface area contributed by atoms with E-state index in [2.05, 4.69) is 15.2 Å². The lowest BCUT2D eigenvalue weighted by atomic mass is 10.1. The number of pyridine rings is 1. The van der Waals surface area contributed by atoms with Crippen LogP contribution in [0.2, 0.25) is 0 Å². The zero-order valence-corrected chi connectivity index (χ0v) is 15.9. The second-order valence-electron chi connectivity index (χ2n) is 7.40. The zero-order chi connectivity index (χ0) is 18.9. The highest BCUT2D eigenvalue weighted by Gasteiger charge is 2.32. The number of piperazine rings is 1. The fourth-order valence-electron chi connectivity index (χ4n) is 4.15. The molecule has 4 heterocycles. The third kappa shape index (κ3) is 2.99. The fraction of sp³-hybridized carbons (Fsp3) is 0.364. The molecule has 5 rings (SSSR count). The molecule has 0 bridgehead atoms. The number of nitrogens with one attached hydrogen (secondary N) is 1. The first-order chi connectivity index (χ1) is 13.8. The van der Waals surface area contributed by atoms with Crippen molar-refractivity contribution in [3.63, 3.8) is 0 Å². The standard InChI is InChI=1S/C22H24N4O2/c27-22-20-19(18-8-5-12-26(18)22)21(16-6-1-2-7-17(16)24-20)28-15-4-3-11-25-13-9-23-10-14-25/h1-2,5-8,12,23H,3-4,9-11,13-15H2. The third-order valence-corrected chi connectivity index (χ3v) is 5.60. The Labute approximate surface area is 164 Å². The minimum atomic E-state index is -0.0793. The summed E-state index contributed by atoms with van der Waals surface area (Å²) >= 11 is 0. The van der Waals surface area contributed by atoms with Gasteiger partial charge in [0.05, 0.1) is 23.4 Å². The van der Waals surface area contributed by atoms with Crippen molar-refractivity contribution in [2.75, 3.05) is 39.3 Å². The number of carbonyl (C=O) groups excluding carboxylic acids is 1. The molecule has 2 aliphatic rings. The first-order valence-corrected chi connectivity index (χ1v) is 10.0. The molecule has 144 valence electrons. The molecule has 28 heavy (non-hydrogen) atoms. The molecule has 1 aromatic carbocycles. The number of rotatable bonds is 6. The molecule has 0 aliphatic carbocycles. The fourth-order valence-corrected chi connectivity index (χ4v) is 4.15. The van der Waals surface area contributed by atoms with Crippen LogP contribution in [-0.4, -0.2) is 59.7 Å². The largest absolute Gasteiger partial charge is 0.492 e. The van der Waals surface area contributed by atoms with Crippen molar-refractivity contribution in [3.8, 4) is 17.0 Å². The van der Waals surface area contributed by atoms with E-state index in [0.29, 0.717) is 12.3 Å². The quantitative estimate of drug-likeness (QED) is 0.525. The molecule has 1 N–H and O–H groups in total. The van der Waals surface area contributed by atoms with E-state index in [1.165, 1.54) is 0 Å². The van der Waals surface area contributed by atoms with Gasteiger partial charge in [0, 0.05) is 37.8 Å². The number of nitrogens with zero attached hydrogens (tertiary/aromatic N) is 3. The Balaban J connectivity index is 1.37. The molecular weight excluding hydrogens is 352 g/mol. The summed E-state index contributed by atoms with van der Waals surface area (Å²) in [4.78, 5) is 19.9. The summed E-state index contributed by atoms with van der Waals surface area (Å²) < 4.78 is 7.95. The van der Waals surface area contributed by atoms with Gasteiger partial charge in [-0.05, 0) is 43.7 Å². The normalized spacial score (nSPS) is 16.4. The van der Waals surface area contributed by atoms with Gasteiger partial charge in [-0.15, -0.1) is 0 Å². The smallest absolute Gasteiger partial charge is 0.281 e. The predicted molar refractivity (Wildman–Crippen MR) is 109 cm³/mol. The van der Waals surface area contributed by atoms with E-state index in [1.54, 1.807) is 10.8 Å². The topological polar surface area (TPSA) is 59.4 Å². The van der Waals surface area contributed by atoms with E-state index < -0.39 is 0 Å². The van der Waals surface area contributed by atoms with Gasteiger partial charge in [0.1, 0.15) is 11.4 Å². The predicted octanol–water partition coefficient (Wildman–Crippen LogP) is 2.77. The highest BCUT2D eigenvalue weighted by atomic mass is 16.5. The Hall–Kier alpha value is -2.70. The van der Waals surface area contributed by atoms with Gasteiger partial charge in [-0.3, -0.25) is 9.36 Å². The van der Waals surface area contributed by atoms with Crippen LogP contribution in [0.1, 0.15) is 23.3 Å². The SMILES string of the molecule is O=C1c2nc3ccccc3c(OCCCCN3CCNCC3)c2-c2cccn21. The monoisotopic (exact) mass is 376 g/mol. The lowest BCUT2D eigenvalue weighted by Crippen LogP contribution is -2.43. The molecular formula is C22H24N4O2. The molecule has 6 heteroatoms. The molecule has 0 spiro atoms. The summed E-state index contributed by atoms with van der Waals surface area (Å²) in [5, 5.41) is 4.35. The maximum Gasteiger partial charge on any atom is 0.281 e. The van der Waals surface area contributed by atoms with Crippen molar-refractivity contribution in [2.45, 2.75) is 12.8 Å². The number of unbranched alkanes of at least 4 members (excludes halogenated alkanes) is 1. The summed E-state index contributed by atoms with van der Waals surface area (Å²) in [5.41, 5.74) is 2.99. The van der Waals surface area contributed by atoms with E-state index in [4.69, 9.17) is 4.74 Å². The van der Waals surface area contributed by atoms with E-state index in [0.717, 1.165) is 73.5 Å². The first kappa shape index (κ1) is 17.4. The average molecular weight is 376 g/mol. The first-order valence-electron chi connectivity index (χ1n) is 10.0. The summed E-state index contributed by atoms with van der Waals surface area (Å²) in [7, 11) is 0. The maximum absolute atomic E-state index is 12.7. The van der Waals surface area contributed by atoms with Crippen LogP contribution >= 0.6 is 0 Å². The minimum Gasteiger partial charge on any atom is -0.492 e. The summed E-state index contributed by atoms with van der Waals surface area (Å²) in [6, 6.07) is 11.7. The highest BCUT2D eigenvalue weighted by molar-refractivity contribution is 6.12. The summed E-state index contributed by atoms with van der Waals surface area (Å²) in [6.07, 6.45) is 3.89. The van der Waals surface area contributed by atoms with Gasteiger partial charge in [0.15, 0.2) is 0 Å². The number of hydrogen-bond acceptors (Lipinski definition) is 5. The van der Waals surface area contributed by atoms with Crippen LogP contribution in [0.15, 0.2) is 42.6 Å². The Bertz CT molecular complexity index is 1020. The van der Waals surface area contributed by atoms with Gasteiger partial charge in [-0.25, -0.2) is 4.98 Å². The number of hydrogen-bond donors (Lipinski definition) is 1. The van der Waals surface area contributed by atoms with Crippen molar-refractivity contribution in [2.24, 2.45) is 0 Å². The Morgan fingerprint density at radius 3 is 2.82 bits per heavy atom. The maximum atomic E-state index is 12.7. The zero-order valence-electron chi connectivity index (χ0n) is 15.9. The Morgan fingerprint density at radius 1 is 1.07 bits per heavy atom.